The van der Waals surface area contributed by atoms with E-state index < -0.39 is 5.41 Å². The number of carbonyl (C=O) groups is 2. The fourth-order valence-electron chi connectivity index (χ4n) is 3.00. The molecule has 0 unspecified atom stereocenters. The van der Waals surface area contributed by atoms with Gasteiger partial charge in [0.1, 0.15) is 0 Å². The molecule has 0 atom stereocenters. The zero-order chi connectivity index (χ0) is 17.4. The van der Waals surface area contributed by atoms with Gasteiger partial charge in [-0.25, -0.2) is 0 Å². The lowest BCUT2D eigenvalue weighted by Crippen LogP contribution is -2.32. The van der Waals surface area contributed by atoms with E-state index in [1.54, 1.807) is 0 Å². The maximum absolute atomic E-state index is 12.1. The Morgan fingerprint density at radius 1 is 0.792 bits per heavy atom. The SMILES string of the molecule is COC(=O)CCC(CC(=O)OC)(c1ccccc1)c1ccccc1. The largest absolute Gasteiger partial charge is 0.469 e. The maximum atomic E-state index is 12.1. The number of ether oxygens (including phenoxy) is 2. The average Bonchev–Trinajstić information content (AvgIpc) is 2.66. The second-order valence-electron chi connectivity index (χ2n) is 5.64. The predicted octanol–water partition coefficient (Wildman–Crippen LogP) is 3.49. The number of benzene rings is 2. The van der Waals surface area contributed by atoms with Gasteiger partial charge in [-0.15, -0.1) is 0 Å². The van der Waals surface area contributed by atoms with Crippen molar-refractivity contribution < 1.29 is 19.1 Å². The first-order valence-corrected chi connectivity index (χ1v) is 7.87. The standard InChI is InChI=1S/C20H22O4/c1-23-18(21)13-14-20(15-19(22)24-2,16-9-5-3-6-10-16)17-11-7-4-8-12-17/h3-12H,13-15H2,1-2H3. The van der Waals surface area contributed by atoms with Crippen LogP contribution in [0.5, 0.6) is 0 Å². The Kier molecular flexibility index (Phi) is 6.13. The Morgan fingerprint density at radius 3 is 1.67 bits per heavy atom. The van der Waals surface area contributed by atoms with E-state index in [1.165, 1.54) is 14.2 Å². The molecule has 24 heavy (non-hydrogen) atoms. The van der Waals surface area contributed by atoms with Gasteiger partial charge in [0.2, 0.25) is 0 Å². The van der Waals surface area contributed by atoms with Crippen LogP contribution in [0.1, 0.15) is 30.4 Å². The van der Waals surface area contributed by atoms with Crippen LogP contribution in [0.25, 0.3) is 0 Å². The van der Waals surface area contributed by atoms with Crippen LogP contribution < -0.4 is 0 Å². The first kappa shape index (κ1) is 17.7. The molecule has 0 amide bonds. The summed E-state index contributed by atoms with van der Waals surface area (Å²) in [4.78, 5) is 23.9. The summed E-state index contributed by atoms with van der Waals surface area (Å²) >= 11 is 0. The first-order valence-electron chi connectivity index (χ1n) is 7.87. The first-order chi connectivity index (χ1) is 11.6. The van der Waals surface area contributed by atoms with Crippen molar-refractivity contribution in [2.45, 2.75) is 24.7 Å². The van der Waals surface area contributed by atoms with Gasteiger partial charge in [-0.3, -0.25) is 9.59 Å². The molecule has 0 spiro atoms. The minimum Gasteiger partial charge on any atom is -0.469 e. The fourth-order valence-corrected chi connectivity index (χ4v) is 3.00. The molecule has 4 nitrogen and oxygen atoms in total. The van der Waals surface area contributed by atoms with Crippen LogP contribution in [0.4, 0.5) is 0 Å². The van der Waals surface area contributed by atoms with Crippen molar-refractivity contribution in [1.29, 1.82) is 0 Å². The van der Waals surface area contributed by atoms with Crippen molar-refractivity contribution in [3.8, 4) is 0 Å². The zero-order valence-corrected chi connectivity index (χ0v) is 14.0. The summed E-state index contributed by atoms with van der Waals surface area (Å²) in [6.45, 7) is 0. The summed E-state index contributed by atoms with van der Waals surface area (Å²) in [7, 11) is 2.75. The summed E-state index contributed by atoms with van der Waals surface area (Å²) in [6, 6.07) is 19.5. The molecule has 0 aromatic heterocycles. The van der Waals surface area contributed by atoms with E-state index in [-0.39, 0.29) is 24.8 Å². The molecular weight excluding hydrogens is 304 g/mol. The molecule has 126 valence electrons. The van der Waals surface area contributed by atoms with Crippen LogP contribution in [-0.2, 0) is 24.5 Å². The van der Waals surface area contributed by atoms with Gasteiger partial charge in [-0.2, -0.15) is 0 Å². The summed E-state index contributed by atoms with van der Waals surface area (Å²) in [5.74, 6) is -0.608. The fraction of sp³-hybridized carbons (Fsp3) is 0.300. The van der Waals surface area contributed by atoms with E-state index in [9.17, 15) is 9.59 Å². The van der Waals surface area contributed by atoms with Crippen molar-refractivity contribution in [3.05, 3.63) is 71.8 Å². The van der Waals surface area contributed by atoms with Gasteiger partial charge >= 0.3 is 11.9 Å². The monoisotopic (exact) mass is 326 g/mol. The van der Waals surface area contributed by atoms with E-state index in [4.69, 9.17) is 9.47 Å². The molecule has 0 aliphatic rings. The highest BCUT2D eigenvalue weighted by Gasteiger charge is 2.37. The molecule has 0 aliphatic carbocycles. The van der Waals surface area contributed by atoms with Gasteiger partial charge in [0.15, 0.2) is 0 Å². The van der Waals surface area contributed by atoms with Crippen molar-refractivity contribution in [2.75, 3.05) is 14.2 Å². The van der Waals surface area contributed by atoms with E-state index in [0.29, 0.717) is 6.42 Å². The maximum Gasteiger partial charge on any atom is 0.306 e. The molecule has 0 fully saturated rings. The van der Waals surface area contributed by atoms with Crippen LogP contribution >= 0.6 is 0 Å². The molecule has 4 heteroatoms. The van der Waals surface area contributed by atoms with Crippen LogP contribution in [-0.4, -0.2) is 26.2 Å². The molecule has 0 radical (unpaired) electrons. The molecule has 2 aromatic rings. The van der Waals surface area contributed by atoms with Gasteiger partial charge < -0.3 is 9.47 Å². The number of rotatable bonds is 7. The van der Waals surface area contributed by atoms with Crippen molar-refractivity contribution >= 4 is 11.9 Å². The highest BCUT2D eigenvalue weighted by atomic mass is 16.5. The Bertz CT molecular complexity index is 625. The Labute approximate surface area is 142 Å². The molecule has 0 saturated carbocycles. The van der Waals surface area contributed by atoms with Crippen molar-refractivity contribution in [2.24, 2.45) is 0 Å². The Balaban J connectivity index is 2.54. The Hall–Kier alpha value is -2.62. The van der Waals surface area contributed by atoms with Gasteiger partial charge in [0.25, 0.3) is 0 Å². The van der Waals surface area contributed by atoms with Gasteiger partial charge in [-0.05, 0) is 17.5 Å². The zero-order valence-electron chi connectivity index (χ0n) is 14.0. The van der Waals surface area contributed by atoms with Crippen LogP contribution in [0, 0.1) is 0 Å². The lowest BCUT2D eigenvalue weighted by Gasteiger charge is -2.34. The second kappa shape index (κ2) is 8.29. The van der Waals surface area contributed by atoms with Crippen LogP contribution in [0.2, 0.25) is 0 Å². The molecule has 0 bridgehead atoms. The summed E-state index contributed by atoms with van der Waals surface area (Å²) in [6.07, 6.45) is 0.842. The predicted molar refractivity (Wildman–Crippen MR) is 91.5 cm³/mol. The lowest BCUT2D eigenvalue weighted by atomic mass is 9.69. The average molecular weight is 326 g/mol. The second-order valence-corrected chi connectivity index (χ2v) is 5.64. The van der Waals surface area contributed by atoms with Crippen molar-refractivity contribution in [3.63, 3.8) is 0 Å². The number of hydrogen-bond acceptors (Lipinski definition) is 4. The Morgan fingerprint density at radius 2 is 1.25 bits per heavy atom. The summed E-state index contributed by atoms with van der Waals surface area (Å²) < 4.78 is 9.72. The van der Waals surface area contributed by atoms with Crippen LogP contribution in [0.15, 0.2) is 60.7 Å². The molecule has 0 aliphatic heterocycles. The third kappa shape index (κ3) is 4.02. The molecule has 2 rings (SSSR count). The molecule has 0 saturated heterocycles. The van der Waals surface area contributed by atoms with Crippen molar-refractivity contribution in [1.82, 2.24) is 0 Å². The third-order valence-electron chi connectivity index (χ3n) is 4.31. The van der Waals surface area contributed by atoms with Gasteiger partial charge in [0.05, 0.1) is 20.6 Å². The molecule has 2 aromatic carbocycles. The van der Waals surface area contributed by atoms with E-state index in [1.807, 2.05) is 60.7 Å². The van der Waals surface area contributed by atoms with Gasteiger partial charge in [-0.1, -0.05) is 60.7 Å². The quantitative estimate of drug-likeness (QED) is 0.731. The third-order valence-corrected chi connectivity index (χ3v) is 4.31. The number of hydrogen-bond donors (Lipinski definition) is 0. The van der Waals surface area contributed by atoms with Gasteiger partial charge in [0, 0.05) is 11.8 Å². The topological polar surface area (TPSA) is 52.6 Å². The smallest absolute Gasteiger partial charge is 0.306 e. The van der Waals surface area contributed by atoms with E-state index in [2.05, 4.69) is 0 Å². The molecule has 0 N–H and O–H groups in total. The highest BCUT2D eigenvalue weighted by molar-refractivity contribution is 5.74. The number of esters is 2. The number of methoxy groups -OCH3 is 2. The molecule has 0 heterocycles. The summed E-state index contributed by atoms with van der Waals surface area (Å²) in [5, 5.41) is 0. The minimum absolute atomic E-state index is 0.161. The number of carbonyl (C=O) groups excluding carboxylic acids is 2. The minimum atomic E-state index is -0.635. The summed E-state index contributed by atoms with van der Waals surface area (Å²) in [5.41, 5.74) is 1.32. The van der Waals surface area contributed by atoms with E-state index in [0.717, 1.165) is 11.1 Å². The normalized spacial score (nSPS) is 10.9. The lowest BCUT2D eigenvalue weighted by molar-refractivity contribution is -0.144. The van der Waals surface area contributed by atoms with Crippen LogP contribution in [0.3, 0.4) is 0 Å². The molecular formula is C20H22O4. The highest BCUT2D eigenvalue weighted by Crippen LogP contribution is 2.40. The van der Waals surface area contributed by atoms with E-state index >= 15 is 0 Å².